The number of rotatable bonds is 4. The predicted molar refractivity (Wildman–Crippen MR) is 149 cm³/mol. The highest BCUT2D eigenvalue weighted by Gasteiger charge is 2.41. The Kier molecular flexibility index (Phi) is 6.16. The maximum atomic E-state index is 14.8. The van der Waals surface area contributed by atoms with Crippen LogP contribution >= 0.6 is 11.6 Å². The van der Waals surface area contributed by atoms with Gasteiger partial charge in [0.15, 0.2) is 5.82 Å². The summed E-state index contributed by atoms with van der Waals surface area (Å²) in [5, 5.41) is 3.43. The van der Waals surface area contributed by atoms with Gasteiger partial charge >= 0.3 is 0 Å². The highest BCUT2D eigenvalue weighted by atomic mass is 35.5. The van der Waals surface area contributed by atoms with Gasteiger partial charge < -0.3 is 15.1 Å². The summed E-state index contributed by atoms with van der Waals surface area (Å²) >= 11 is 6.30. The van der Waals surface area contributed by atoms with Gasteiger partial charge in [-0.05, 0) is 56.3 Å². The van der Waals surface area contributed by atoms with Crippen LogP contribution in [0.1, 0.15) is 21.5 Å². The molecule has 0 radical (unpaired) electrons. The number of aliphatic imine (C=N–C) groups is 1. The number of likely N-dealkylation sites (N-methyl/N-ethyl adjacent to an activating group) is 1. The average Bonchev–Trinajstić information content (AvgIpc) is 3.36. The zero-order valence-electron chi connectivity index (χ0n) is 21.5. The molecule has 4 heterocycles. The average molecular weight is 535 g/mol. The topological polar surface area (TPSA) is 80.2 Å². The van der Waals surface area contributed by atoms with E-state index in [4.69, 9.17) is 11.6 Å². The van der Waals surface area contributed by atoms with E-state index in [1.807, 2.05) is 0 Å². The summed E-state index contributed by atoms with van der Waals surface area (Å²) in [4.78, 5) is 34.9. The van der Waals surface area contributed by atoms with Crippen molar-refractivity contribution in [1.82, 2.24) is 14.9 Å². The van der Waals surface area contributed by atoms with E-state index in [9.17, 15) is 9.18 Å². The fraction of sp³-hybridized carbons (Fsp3) is 0.333. The van der Waals surface area contributed by atoms with Crippen molar-refractivity contribution in [1.29, 1.82) is 0 Å². The fourth-order valence-corrected chi connectivity index (χ4v) is 5.67. The van der Waals surface area contributed by atoms with Crippen LogP contribution in [0.25, 0.3) is 0 Å². The van der Waals surface area contributed by atoms with Crippen molar-refractivity contribution in [2.45, 2.75) is 13.8 Å². The molecule has 0 atom stereocenters. The summed E-state index contributed by atoms with van der Waals surface area (Å²) in [5.74, 6) is 0.0381. The zero-order chi connectivity index (χ0) is 26.6. The third-order valence-corrected chi connectivity index (χ3v) is 7.51. The largest absolute Gasteiger partial charge is 0.369 e. The Morgan fingerprint density at radius 2 is 1.76 bits per heavy atom. The second kappa shape index (κ2) is 9.52. The smallest absolute Gasteiger partial charge is 0.270 e. The number of aryl methyl sites for hydroxylation is 2. The van der Waals surface area contributed by atoms with Gasteiger partial charge in [-0.2, -0.15) is 4.98 Å². The molecule has 6 rings (SSSR count). The van der Waals surface area contributed by atoms with Gasteiger partial charge in [-0.1, -0.05) is 17.7 Å². The number of hydrogen-bond acceptors (Lipinski definition) is 8. The molecule has 1 N–H and O–H groups in total. The molecule has 0 saturated carbocycles. The minimum atomic E-state index is -0.603. The SMILES string of the molecule is Cc1cc(Nc2ncc3c(n2)N2CCN=C2N(c2c(F)cccc2Cl)C3=O)cc(C)c1N1CCN(C)CC1. The number of fused-ring (bicyclic) bond motifs is 3. The third-order valence-electron chi connectivity index (χ3n) is 7.20. The number of para-hydroxylation sites is 1. The number of benzene rings is 2. The summed E-state index contributed by atoms with van der Waals surface area (Å²) in [7, 11) is 2.15. The first-order valence-electron chi connectivity index (χ1n) is 12.6. The predicted octanol–water partition coefficient (Wildman–Crippen LogP) is 4.22. The van der Waals surface area contributed by atoms with Crippen LogP contribution in [0, 0.1) is 19.7 Å². The van der Waals surface area contributed by atoms with Gasteiger partial charge in [-0.3, -0.25) is 14.7 Å². The van der Waals surface area contributed by atoms with Crippen LogP contribution in [0.3, 0.4) is 0 Å². The molecule has 3 aromatic rings. The normalized spacial score (nSPS) is 17.4. The highest BCUT2D eigenvalue weighted by Crippen LogP contribution is 2.37. The van der Waals surface area contributed by atoms with Gasteiger partial charge in [0.2, 0.25) is 11.9 Å². The Labute approximate surface area is 225 Å². The van der Waals surface area contributed by atoms with E-state index in [-0.39, 0.29) is 16.3 Å². The molecule has 0 spiro atoms. The Hall–Kier alpha value is -3.76. The Bertz CT molecular complexity index is 1430. The lowest BCUT2D eigenvalue weighted by molar-refractivity contribution is 0.0999. The lowest BCUT2D eigenvalue weighted by atomic mass is 10.1. The maximum Gasteiger partial charge on any atom is 0.270 e. The van der Waals surface area contributed by atoms with Gasteiger partial charge in [0.25, 0.3) is 5.91 Å². The molecule has 11 heteroatoms. The molecule has 1 amide bonds. The molecule has 1 aromatic heterocycles. The molecule has 2 aromatic carbocycles. The molecule has 0 bridgehead atoms. The van der Waals surface area contributed by atoms with Crippen molar-refractivity contribution in [3.8, 4) is 0 Å². The molecule has 3 aliphatic heterocycles. The van der Waals surface area contributed by atoms with E-state index in [1.165, 1.54) is 40.0 Å². The summed E-state index contributed by atoms with van der Waals surface area (Å²) in [5.41, 5.74) is 4.73. The Balaban J connectivity index is 1.31. The van der Waals surface area contributed by atoms with Crippen LogP contribution < -0.4 is 20.0 Å². The quantitative estimate of drug-likeness (QED) is 0.537. The first-order chi connectivity index (χ1) is 18.3. The number of nitrogens with one attached hydrogen (secondary N) is 1. The van der Waals surface area contributed by atoms with Crippen molar-refractivity contribution in [3.63, 3.8) is 0 Å². The summed E-state index contributed by atoms with van der Waals surface area (Å²) in [6, 6.07) is 8.51. The van der Waals surface area contributed by atoms with E-state index in [2.05, 4.69) is 63.1 Å². The van der Waals surface area contributed by atoms with E-state index >= 15 is 0 Å². The highest BCUT2D eigenvalue weighted by molar-refractivity contribution is 6.38. The number of carbonyl (C=O) groups is 1. The lowest BCUT2D eigenvalue weighted by Gasteiger charge is -2.36. The molecule has 9 nitrogen and oxygen atoms in total. The first-order valence-corrected chi connectivity index (χ1v) is 13.0. The fourth-order valence-electron chi connectivity index (χ4n) is 5.42. The number of aromatic nitrogens is 2. The summed E-state index contributed by atoms with van der Waals surface area (Å²) in [6.07, 6.45) is 1.47. The van der Waals surface area contributed by atoms with Crippen LogP contribution in [0.5, 0.6) is 0 Å². The molecular weight excluding hydrogens is 507 g/mol. The van der Waals surface area contributed by atoms with Gasteiger partial charge in [0, 0.05) is 50.3 Å². The number of guanidine groups is 1. The zero-order valence-corrected chi connectivity index (χ0v) is 22.3. The molecule has 1 fully saturated rings. The second-order valence-electron chi connectivity index (χ2n) is 9.85. The van der Waals surface area contributed by atoms with Crippen molar-refractivity contribution in [2.24, 2.45) is 4.99 Å². The van der Waals surface area contributed by atoms with Crippen LogP contribution in [-0.4, -0.2) is 73.1 Å². The number of carbonyl (C=O) groups excluding carboxylic acids is 1. The molecule has 1 saturated heterocycles. The number of halogens is 2. The molecule has 0 unspecified atom stereocenters. The second-order valence-corrected chi connectivity index (χ2v) is 10.3. The third kappa shape index (κ3) is 4.13. The van der Waals surface area contributed by atoms with Gasteiger partial charge in [-0.15, -0.1) is 0 Å². The number of piperazine rings is 1. The Morgan fingerprint density at radius 3 is 2.47 bits per heavy atom. The number of amides is 1. The van der Waals surface area contributed by atoms with Crippen molar-refractivity contribution >= 4 is 52.3 Å². The monoisotopic (exact) mass is 534 g/mol. The van der Waals surface area contributed by atoms with Crippen LogP contribution in [0.4, 0.5) is 33.2 Å². The van der Waals surface area contributed by atoms with Gasteiger partial charge in [-0.25, -0.2) is 14.3 Å². The lowest BCUT2D eigenvalue weighted by Crippen LogP contribution is -2.51. The Morgan fingerprint density at radius 1 is 1.03 bits per heavy atom. The van der Waals surface area contributed by atoms with Gasteiger partial charge in [0.1, 0.15) is 17.1 Å². The van der Waals surface area contributed by atoms with Crippen LogP contribution in [0.2, 0.25) is 5.02 Å². The number of hydrogen-bond donors (Lipinski definition) is 1. The van der Waals surface area contributed by atoms with Crippen LogP contribution in [0.15, 0.2) is 41.5 Å². The maximum absolute atomic E-state index is 14.8. The van der Waals surface area contributed by atoms with Crippen molar-refractivity contribution < 1.29 is 9.18 Å². The molecule has 196 valence electrons. The molecular formula is C27H28ClFN8O. The van der Waals surface area contributed by atoms with E-state index < -0.39 is 11.7 Å². The minimum Gasteiger partial charge on any atom is -0.369 e. The van der Waals surface area contributed by atoms with Gasteiger partial charge in [0.05, 0.1) is 11.6 Å². The molecule has 3 aliphatic rings. The van der Waals surface area contributed by atoms with E-state index in [1.54, 1.807) is 11.0 Å². The minimum absolute atomic E-state index is 0.0240. The van der Waals surface area contributed by atoms with E-state index in [0.717, 1.165) is 31.9 Å². The summed E-state index contributed by atoms with van der Waals surface area (Å²) < 4.78 is 14.8. The van der Waals surface area contributed by atoms with Crippen molar-refractivity contribution in [2.75, 3.05) is 66.3 Å². The molecule has 38 heavy (non-hydrogen) atoms. The van der Waals surface area contributed by atoms with E-state index in [0.29, 0.717) is 30.8 Å². The number of anilines is 5. The van der Waals surface area contributed by atoms with Crippen molar-refractivity contribution in [3.05, 3.63) is 64.1 Å². The number of nitrogens with zero attached hydrogens (tertiary/aromatic N) is 7. The van der Waals surface area contributed by atoms with Crippen LogP contribution in [-0.2, 0) is 0 Å². The standard InChI is InChI=1S/C27H28ClFN8O/c1-16-13-18(14-17(2)22(16)35-11-9-34(3)10-12-35)32-26-31-15-19-24(33-26)36-8-7-30-27(36)37(25(19)38)23-20(28)5-4-6-21(23)29/h4-6,13-15H,7-12H2,1-3H3,(H,31,32,33). The first kappa shape index (κ1) is 24.6. The summed E-state index contributed by atoms with van der Waals surface area (Å²) in [6.45, 7) is 9.28. The molecule has 0 aliphatic carbocycles.